The third-order valence-corrected chi connectivity index (χ3v) is 1.46. The fourth-order valence-electron chi connectivity index (χ4n) is 0.913. The van der Waals surface area contributed by atoms with Gasteiger partial charge in [-0.25, -0.2) is 4.79 Å². The number of aromatic carboxylic acids is 1. The van der Waals surface area contributed by atoms with E-state index in [0.717, 1.165) is 5.69 Å². The lowest BCUT2D eigenvalue weighted by Crippen LogP contribution is -2.01. The highest BCUT2D eigenvalue weighted by Crippen LogP contribution is 2.05. The van der Waals surface area contributed by atoms with Crippen molar-refractivity contribution in [2.75, 3.05) is 0 Å². The minimum atomic E-state index is -0.921. The molecule has 0 bridgehead atoms. The molecule has 0 saturated carbocycles. The zero-order valence-electron chi connectivity index (χ0n) is 6.87. The molecule has 0 aliphatic carbocycles. The molecule has 12 heavy (non-hydrogen) atoms. The summed E-state index contributed by atoms with van der Waals surface area (Å²) in [6.07, 6.45) is 0. The average molecular weight is 188 g/mol. The minimum absolute atomic E-state index is 0. The molecule has 0 aromatic carbocycles. The molecule has 1 aromatic heterocycles. The highest BCUT2D eigenvalue weighted by Gasteiger charge is 2.06. The summed E-state index contributed by atoms with van der Waals surface area (Å²) < 4.78 is 0. The number of aromatic nitrogens is 1. The lowest BCUT2D eigenvalue weighted by Gasteiger charge is -1.99. The van der Waals surface area contributed by atoms with Crippen molar-refractivity contribution in [3.05, 3.63) is 29.1 Å². The number of hydrogen-bond donors (Lipinski definition) is 1. The van der Waals surface area contributed by atoms with Crippen molar-refractivity contribution in [2.45, 2.75) is 13.8 Å². The Morgan fingerprint density at radius 3 is 2.42 bits per heavy atom. The van der Waals surface area contributed by atoms with Gasteiger partial charge in [-0.2, -0.15) is 0 Å². The van der Waals surface area contributed by atoms with E-state index in [2.05, 4.69) is 4.98 Å². The second kappa shape index (κ2) is 4.07. The molecular weight excluding hydrogens is 178 g/mol. The number of carboxylic acid groups (broad SMARTS) is 1. The van der Waals surface area contributed by atoms with E-state index in [-0.39, 0.29) is 18.0 Å². The van der Waals surface area contributed by atoms with Crippen LogP contribution in [0.3, 0.4) is 0 Å². The van der Waals surface area contributed by atoms with Gasteiger partial charge in [0.25, 0.3) is 0 Å². The first kappa shape index (κ1) is 10.9. The maximum atomic E-state index is 10.5. The number of rotatable bonds is 1. The van der Waals surface area contributed by atoms with Crippen LogP contribution in [-0.4, -0.2) is 16.1 Å². The lowest BCUT2D eigenvalue weighted by atomic mass is 10.2. The van der Waals surface area contributed by atoms with Crippen LogP contribution in [0.2, 0.25) is 0 Å². The molecule has 0 atom stereocenters. The standard InChI is InChI=1S/C8H9NO2.ClH/c1-5-3-4-7(8(10)11)6(2)9-5;/h3-4H,1-2H3,(H,10,11);1H. The monoisotopic (exact) mass is 187 g/mol. The molecule has 3 nitrogen and oxygen atoms in total. The van der Waals surface area contributed by atoms with Crippen molar-refractivity contribution in [2.24, 2.45) is 0 Å². The Bertz CT molecular complexity index is 299. The molecule has 0 unspecified atom stereocenters. The van der Waals surface area contributed by atoms with E-state index in [1.54, 1.807) is 19.1 Å². The van der Waals surface area contributed by atoms with Gasteiger partial charge in [0.1, 0.15) is 0 Å². The Kier molecular flexibility index (Phi) is 3.70. The van der Waals surface area contributed by atoms with Crippen molar-refractivity contribution in [1.82, 2.24) is 4.98 Å². The molecule has 0 radical (unpaired) electrons. The Labute approximate surface area is 76.9 Å². The molecule has 0 spiro atoms. The Morgan fingerprint density at radius 1 is 1.42 bits per heavy atom. The fraction of sp³-hybridized carbons (Fsp3) is 0.250. The number of halogens is 1. The largest absolute Gasteiger partial charge is 0.478 e. The summed E-state index contributed by atoms with van der Waals surface area (Å²) in [5, 5.41) is 8.62. The maximum absolute atomic E-state index is 10.5. The second-order valence-electron chi connectivity index (χ2n) is 2.39. The van der Waals surface area contributed by atoms with Gasteiger partial charge in [-0.15, -0.1) is 12.4 Å². The van der Waals surface area contributed by atoms with E-state index in [1.165, 1.54) is 0 Å². The van der Waals surface area contributed by atoms with Gasteiger partial charge in [0.2, 0.25) is 0 Å². The van der Waals surface area contributed by atoms with Gasteiger partial charge in [0.15, 0.2) is 0 Å². The first-order valence-corrected chi connectivity index (χ1v) is 3.29. The summed E-state index contributed by atoms with van der Waals surface area (Å²) in [7, 11) is 0. The molecule has 4 heteroatoms. The SMILES string of the molecule is Cc1ccc(C(=O)O)c(C)n1.Cl. The van der Waals surface area contributed by atoms with Crippen LogP contribution >= 0.6 is 12.4 Å². The molecule has 0 amide bonds. The summed E-state index contributed by atoms with van der Waals surface area (Å²) in [4.78, 5) is 14.5. The smallest absolute Gasteiger partial charge is 0.337 e. The summed E-state index contributed by atoms with van der Waals surface area (Å²) in [5.74, 6) is -0.921. The summed E-state index contributed by atoms with van der Waals surface area (Å²) in [6, 6.07) is 3.26. The zero-order chi connectivity index (χ0) is 8.43. The highest BCUT2D eigenvalue weighted by atomic mass is 35.5. The third-order valence-electron chi connectivity index (χ3n) is 1.46. The van der Waals surface area contributed by atoms with E-state index in [0.29, 0.717) is 5.69 Å². The fourth-order valence-corrected chi connectivity index (χ4v) is 0.913. The number of hydrogen-bond acceptors (Lipinski definition) is 2. The van der Waals surface area contributed by atoms with Crippen molar-refractivity contribution in [3.8, 4) is 0 Å². The molecule has 66 valence electrons. The number of aryl methyl sites for hydroxylation is 2. The maximum Gasteiger partial charge on any atom is 0.337 e. The predicted molar refractivity (Wildman–Crippen MR) is 47.9 cm³/mol. The quantitative estimate of drug-likeness (QED) is 0.730. The molecule has 0 saturated heterocycles. The first-order chi connectivity index (χ1) is 5.11. The van der Waals surface area contributed by atoms with Crippen LogP contribution in [0.1, 0.15) is 21.7 Å². The van der Waals surface area contributed by atoms with Crippen molar-refractivity contribution < 1.29 is 9.90 Å². The van der Waals surface area contributed by atoms with Crippen LogP contribution in [0.5, 0.6) is 0 Å². The zero-order valence-corrected chi connectivity index (χ0v) is 7.68. The van der Waals surface area contributed by atoms with Gasteiger partial charge in [0.05, 0.1) is 11.3 Å². The Balaban J connectivity index is 0.00000121. The van der Waals surface area contributed by atoms with Crippen LogP contribution in [0.25, 0.3) is 0 Å². The van der Waals surface area contributed by atoms with Crippen molar-refractivity contribution in [1.29, 1.82) is 0 Å². The topological polar surface area (TPSA) is 50.2 Å². The predicted octanol–water partition coefficient (Wildman–Crippen LogP) is 1.82. The normalized spacial score (nSPS) is 8.83. The number of carboxylic acids is 1. The molecule has 1 heterocycles. The molecule has 0 fully saturated rings. The van der Waals surface area contributed by atoms with Crippen molar-refractivity contribution in [3.63, 3.8) is 0 Å². The van der Waals surface area contributed by atoms with Gasteiger partial charge in [-0.3, -0.25) is 4.98 Å². The molecule has 1 N–H and O–H groups in total. The molecule has 1 rings (SSSR count). The van der Waals surface area contributed by atoms with E-state index in [9.17, 15) is 4.79 Å². The number of carbonyl (C=O) groups is 1. The molecule has 0 aliphatic heterocycles. The molecule has 0 aliphatic rings. The minimum Gasteiger partial charge on any atom is -0.478 e. The van der Waals surface area contributed by atoms with Gasteiger partial charge in [0, 0.05) is 5.69 Å². The summed E-state index contributed by atoms with van der Waals surface area (Å²) in [5.41, 5.74) is 1.68. The number of pyridine rings is 1. The van der Waals surface area contributed by atoms with E-state index in [1.807, 2.05) is 6.92 Å². The van der Waals surface area contributed by atoms with Crippen molar-refractivity contribution >= 4 is 18.4 Å². The molecule has 1 aromatic rings. The van der Waals surface area contributed by atoms with Gasteiger partial charge >= 0.3 is 5.97 Å². The Morgan fingerprint density at radius 2 is 2.00 bits per heavy atom. The van der Waals surface area contributed by atoms with Crippen LogP contribution in [0.15, 0.2) is 12.1 Å². The van der Waals surface area contributed by atoms with E-state index < -0.39 is 5.97 Å². The highest BCUT2D eigenvalue weighted by molar-refractivity contribution is 5.88. The van der Waals surface area contributed by atoms with E-state index in [4.69, 9.17) is 5.11 Å². The van der Waals surface area contributed by atoms with Gasteiger partial charge in [-0.1, -0.05) is 0 Å². The van der Waals surface area contributed by atoms with Gasteiger partial charge < -0.3 is 5.11 Å². The van der Waals surface area contributed by atoms with Crippen LogP contribution in [0.4, 0.5) is 0 Å². The second-order valence-corrected chi connectivity index (χ2v) is 2.39. The van der Waals surface area contributed by atoms with Crippen LogP contribution in [-0.2, 0) is 0 Å². The molecular formula is C8H10ClNO2. The first-order valence-electron chi connectivity index (χ1n) is 3.29. The van der Waals surface area contributed by atoms with E-state index >= 15 is 0 Å². The average Bonchev–Trinajstić information content (AvgIpc) is 1.85. The van der Waals surface area contributed by atoms with Crippen LogP contribution < -0.4 is 0 Å². The Hall–Kier alpha value is -1.09. The lowest BCUT2D eigenvalue weighted by molar-refractivity contribution is 0.0695. The van der Waals surface area contributed by atoms with Gasteiger partial charge in [-0.05, 0) is 26.0 Å². The number of nitrogens with zero attached hydrogens (tertiary/aromatic N) is 1. The third kappa shape index (κ3) is 2.20. The summed E-state index contributed by atoms with van der Waals surface area (Å²) in [6.45, 7) is 3.52. The summed E-state index contributed by atoms with van der Waals surface area (Å²) >= 11 is 0. The van der Waals surface area contributed by atoms with Crippen LogP contribution in [0, 0.1) is 13.8 Å².